The van der Waals surface area contributed by atoms with Crippen molar-refractivity contribution in [1.82, 2.24) is 0 Å². The fourth-order valence-electron chi connectivity index (χ4n) is 1.55. The van der Waals surface area contributed by atoms with Crippen LogP contribution < -0.4 is 0 Å². The van der Waals surface area contributed by atoms with E-state index in [9.17, 15) is 4.79 Å². The van der Waals surface area contributed by atoms with Gasteiger partial charge in [-0.2, -0.15) is 0 Å². The van der Waals surface area contributed by atoms with Crippen LogP contribution in [0, 0.1) is 0 Å². The summed E-state index contributed by atoms with van der Waals surface area (Å²) in [6.07, 6.45) is 1.83. The number of aliphatic carboxylic acids is 1. The standard InChI is InChI=1S/C13H18O2.Rb.H/c1-10(2)12-7-3-5-11(9-12)6-4-8-13(14)15;;/h3,5,7,9-10H,4,6,8H2,1-2H3,(H,14,15);;. The van der Waals surface area contributed by atoms with Gasteiger partial charge in [-0.1, -0.05) is 38.1 Å². The zero-order valence-electron chi connectivity index (χ0n) is 9.36. The number of hydrogen-bond acceptors (Lipinski definition) is 1. The predicted octanol–water partition coefficient (Wildman–Crippen LogP) is 2.57. The average molecular weight is 293 g/mol. The summed E-state index contributed by atoms with van der Waals surface area (Å²) in [6, 6.07) is 8.40. The second-order valence-electron chi connectivity index (χ2n) is 4.15. The molecule has 0 fully saturated rings. The van der Waals surface area contributed by atoms with E-state index < -0.39 is 5.97 Å². The summed E-state index contributed by atoms with van der Waals surface area (Å²) < 4.78 is 0. The van der Waals surface area contributed by atoms with Crippen LogP contribution in [0.1, 0.15) is 43.7 Å². The minimum atomic E-state index is -0.713. The second kappa shape index (κ2) is 8.57. The number of carboxylic acid groups (broad SMARTS) is 1. The van der Waals surface area contributed by atoms with Gasteiger partial charge in [-0.05, 0) is 29.9 Å². The Balaban J connectivity index is 0.00000225. The van der Waals surface area contributed by atoms with E-state index in [-0.39, 0.29) is 64.6 Å². The molecule has 0 radical (unpaired) electrons. The van der Waals surface area contributed by atoms with Crippen molar-refractivity contribution in [3.63, 3.8) is 0 Å². The molecule has 84 valence electrons. The van der Waals surface area contributed by atoms with E-state index in [1.807, 2.05) is 6.07 Å². The van der Waals surface area contributed by atoms with Gasteiger partial charge in [-0.25, -0.2) is 0 Å². The number of carbonyl (C=O) groups is 1. The summed E-state index contributed by atoms with van der Waals surface area (Å²) in [5, 5.41) is 8.53. The number of benzene rings is 1. The Labute approximate surface area is 146 Å². The van der Waals surface area contributed by atoms with E-state index in [2.05, 4.69) is 32.0 Å². The quantitative estimate of drug-likeness (QED) is 0.906. The molecule has 1 N–H and O–H groups in total. The van der Waals surface area contributed by atoms with Gasteiger partial charge < -0.3 is 5.11 Å². The van der Waals surface area contributed by atoms with Crippen LogP contribution in [-0.2, 0) is 11.2 Å². The molecule has 0 aliphatic carbocycles. The molecule has 0 bridgehead atoms. The molecule has 0 saturated carbocycles. The van der Waals surface area contributed by atoms with Crippen LogP contribution in [0.15, 0.2) is 24.3 Å². The number of aryl methyl sites for hydroxylation is 1. The first kappa shape index (κ1) is 16.5. The minimum absolute atomic E-state index is 0. The van der Waals surface area contributed by atoms with Crippen molar-refractivity contribution in [2.45, 2.75) is 39.0 Å². The molecule has 0 aromatic heterocycles. The monoisotopic (exact) mass is 292 g/mol. The van der Waals surface area contributed by atoms with Crippen LogP contribution in [-0.4, -0.2) is 69.3 Å². The first-order chi connectivity index (χ1) is 7.09. The van der Waals surface area contributed by atoms with Crippen molar-refractivity contribution >= 4 is 64.2 Å². The van der Waals surface area contributed by atoms with Crippen LogP contribution in [0.25, 0.3) is 0 Å². The van der Waals surface area contributed by atoms with E-state index in [0.29, 0.717) is 5.92 Å². The molecule has 1 aromatic carbocycles. The van der Waals surface area contributed by atoms with Crippen LogP contribution >= 0.6 is 0 Å². The zero-order chi connectivity index (χ0) is 11.3. The number of hydrogen-bond donors (Lipinski definition) is 1. The molecule has 3 heteroatoms. The molecule has 0 spiro atoms. The van der Waals surface area contributed by atoms with E-state index in [4.69, 9.17) is 5.11 Å². The van der Waals surface area contributed by atoms with E-state index >= 15 is 0 Å². The van der Waals surface area contributed by atoms with Gasteiger partial charge in [0.2, 0.25) is 0 Å². The average Bonchev–Trinajstić information content (AvgIpc) is 2.17. The molecular formula is C13H19O2Rb. The molecule has 0 heterocycles. The first-order valence-electron chi connectivity index (χ1n) is 5.40. The van der Waals surface area contributed by atoms with Crippen molar-refractivity contribution in [3.8, 4) is 0 Å². The Bertz CT molecular complexity index is 334. The van der Waals surface area contributed by atoms with Gasteiger partial charge in [0, 0.05) is 6.42 Å². The van der Waals surface area contributed by atoms with Crippen molar-refractivity contribution in [1.29, 1.82) is 0 Å². The van der Waals surface area contributed by atoms with Gasteiger partial charge in [-0.3, -0.25) is 4.79 Å². The molecule has 0 amide bonds. The van der Waals surface area contributed by atoms with Gasteiger partial charge in [-0.15, -0.1) is 0 Å². The van der Waals surface area contributed by atoms with E-state index in [1.54, 1.807) is 0 Å². The number of carboxylic acids is 1. The zero-order valence-corrected chi connectivity index (χ0v) is 9.36. The van der Waals surface area contributed by atoms with Crippen LogP contribution in [0.2, 0.25) is 0 Å². The van der Waals surface area contributed by atoms with Gasteiger partial charge in [0.05, 0.1) is 0 Å². The van der Waals surface area contributed by atoms with Crippen LogP contribution in [0.5, 0.6) is 0 Å². The Hall–Kier alpha value is 0.495. The third-order valence-corrected chi connectivity index (χ3v) is 2.47. The SMILES string of the molecule is CC(C)c1cccc(CCCC(=O)O)c1.[RbH]. The normalized spacial score (nSPS) is 9.94. The Morgan fingerprint density at radius 2 is 2.06 bits per heavy atom. The van der Waals surface area contributed by atoms with Gasteiger partial charge in [0.25, 0.3) is 0 Å². The molecule has 0 aliphatic rings. The van der Waals surface area contributed by atoms with Crippen LogP contribution in [0.4, 0.5) is 0 Å². The molecule has 16 heavy (non-hydrogen) atoms. The number of rotatable bonds is 5. The van der Waals surface area contributed by atoms with Crippen molar-refractivity contribution in [2.75, 3.05) is 0 Å². The summed E-state index contributed by atoms with van der Waals surface area (Å²) in [7, 11) is 0. The molecule has 0 atom stereocenters. The summed E-state index contributed by atoms with van der Waals surface area (Å²) in [5.74, 6) is -0.181. The van der Waals surface area contributed by atoms with Crippen molar-refractivity contribution < 1.29 is 9.90 Å². The van der Waals surface area contributed by atoms with Gasteiger partial charge in [0.1, 0.15) is 0 Å². The fraction of sp³-hybridized carbons (Fsp3) is 0.462. The summed E-state index contributed by atoms with van der Waals surface area (Å²) in [5.41, 5.74) is 2.56. The van der Waals surface area contributed by atoms with Crippen molar-refractivity contribution in [2.24, 2.45) is 0 Å². The molecule has 0 saturated heterocycles. The van der Waals surface area contributed by atoms with E-state index in [1.165, 1.54) is 11.1 Å². The first-order valence-corrected chi connectivity index (χ1v) is 5.40. The van der Waals surface area contributed by atoms with Gasteiger partial charge >= 0.3 is 64.2 Å². The molecule has 0 unspecified atom stereocenters. The second-order valence-corrected chi connectivity index (χ2v) is 4.15. The van der Waals surface area contributed by atoms with E-state index in [0.717, 1.165) is 12.8 Å². The summed E-state index contributed by atoms with van der Waals surface area (Å²) in [6.45, 7) is 4.33. The Kier molecular flexibility index (Phi) is 8.83. The molecule has 0 aliphatic heterocycles. The molecule has 1 rings (SSSR count). The Morgan fingerprint density at radius 1 is 1.38 bits per heavy atom. The third-order valence-electron chi connectivity index (χ3n) is 2.47. The fourth-order valence-corrected chi connectivity index (χ4v) is 1.55. The molecule has 2 nitrogen and oxygen atoms in total. The summed E-state index contributed by atoms with van der Waals surface area (Å²) in [4.78, 5) is 10.4. The maximum absolute atomic E-state index is 10.4. The third kappa shape index (κ3) is 6.28. The summed E-state index contributed by atoms with van der Waals surface area (Å²) >= 11 is 0. The molecule has 1 aromatic rings. The van der Waals surface area contributed by atoms with Crippen molar-refractivity contribution in [3.05, 3.63) is 35.4 Å². The topological polar surface area (TPSA) is 37.3 Å². The van der Waals surface area contributed by atoms with Crippen LogP contribution in [0.3, 0.4) is 0 Å². The maximum atomic E-state index is 10.4. The Morgan fingerprint density at radius 3 is 2.62 bits per heavy atom. The molecular weight excluding hydrogens is 274 g/mol. The predicted molar refractivity (Wildman–Crippen MR) is 68.3 cm³/mol. The van der Waals surface area contributed by atoms with Gasteiger partial charge in [0.15, 0.2) is 0 Å².